The molecular formula is C12H12BrNO2S3. The molecule has 0 spiro atoms. The summed E-state index contributed by atoms with van der Waals surface area (Å²) in [6, 6.07) is 7.83. The van der Waals surface area contributed by atoms with Crippen LogP contribution in [0.3, 0.4) is 0 Å². The molecule has 0 amide bonds. The molecule has 2 saturated heterocycles. The third kappa shape index (κ3) is 2.24. The predicted molar refractivity (Wildman–Crippen MR) is 87.7 cm³/mol. The van der Waals surface area contributed by atoms with Crippen molar-refractivity contribution in [3.63, 3.8) is 0 Å². The number of thioether (sulfide) groups is 1. The second-order valence-corrected chi connectivity index (χ2v) is 9.96. The quantitative estimate of drug-likeness (QED) is 0.703. The molecule has 0 saturated carbocycles. The van der Waals surface area contributed by atoms with Gasteiger partial charge in [0.2, 0.25) is 0 Å². The molecule has 2 aliphatic rings. The normalized spacial score (nSPS) is 32.6. The SMILES string of the molecule is C[C@@]12CS(=O)(=O)C[C@@H]1SC(=S)N2c1cccc(Br)c1. The number of halogens is 1. The van der Waals surface area contributed by atoms with Gasteiger partial charge in [-0.3, -0.25) is 0 Å². The lowest BCUT2D eigenvalue weighted by Gasteiger charge is -2.34. The fourth-order valence-corrected chi connectivity index (χ4v) is 8.09. The van der Waals surface area contributed by atoms with E-state index in [1.165, 1.54) is 11.8 Å². The van der Waals surface area contributed by atoms with Gasteiger partial charge in [0, 0.05) is 10.2 Å². The summed E-state index contributed by atoms with van der Waals surface area (Å²) >= 11 is 10.4. The van der Waals surface area contributed by atoms with E-state index in [1.807, 2.05) is 36.1 Å². The highest BCUT2D eigenvalue weighted by Gasteiger charge is 2.57. The maximum Gasteiger partial charge on any atom is 0.153 e. The fraction of sp³-hybridized carbons (Fsp3) is 0.417. The van der Waals surface area contributed by atoms with E-state index in [9.17, 15) is 8.42 Å². The highest BCUT2D eigenvalue weighted by Crippen LogP contribution is 2.48. The summed E-state index contributed by atoms with van der Waals surface area (Å²) in [4.78, 5) is 2.01. The van der Waals surface area contributed by atoms with E-state index >= 15 is 0 Å². The number of hydrogen-bond acceptors (Lipinski definition) is 4. The maximum atomic E-state index is 11.9. The molecule has 0 unspecified atom stereocenters. The molecule has 0 aliphatic carbocycles. The molecule has 2 aliphatic heterocycles. The Bertz CT molecular complexity index is 661. The molecule has 0 aromatic heterocycles. The van der Waals surface area contributed by atoms with Gasteiger partial charge in [0.15, 0.2) is 9.84 Å². The second kappa shape index (κ2) is 4.44. The van der Waals surface area contributed by atoms with Crippen LogP contribution < -0.4 is 4.90 Å². The summed E-state index contributed by atoms with van der Waals surface area (Å²) < 4.78 is 25.5. The van der Waals surface area contributed by atoms with E-state index in [1.54, 1.807) is 0 Å². The van der Waals surface area contributed by atoms with Crippen LogP contribution in [0.25, 0.3) is 0 Å². The smallest absolute Gasteiger partial charge is 0.153 e. The van der Waals surface area contributed by atoms with Gasteiger partial charge in [-0.25, -0.2) is 8.42 Å². The van der Waals surface area contributed by atoms with Crippen LogP contribution >= 0.6 is 39.9 Å². The number of nitrogens with zero attached hydrogens (tertiary/aromatic N) is 1. The van der Waals surface area contributed by atoms with E-state index in [4.69, 9.17) is 12.2 Å². The molecule has 2 atom stereocenters. The number of hydrogen-bond donors (Lipinski definition) is 0. The zero-order chi connectivity index (χ0) is 13.8. The summed E-state index contributed by atoms with van der Waals surface area (Å²) in [7, 11) is -2.97. The molecule has 0 radical (unpaired) electrons. The summed E-state index contributed by atoms with van der Waals surface area (Å²) in [5.41, 5.74) is 0.524. The van der Waals surface area contributed by atoms with Crippen molar-refractivity contribution in [2.75, 3.05) is 16.4 Å². The highest BCUT2D eigenvalue weighted by molar-refractivity contribution is 9.10. The average Bonchev–Trinajstić information content (AvgIpc) is 2.60. The van der Waals surface area contributed by atoms with Crippen molar-refractivity contribution in [1.82, 2.24) is 0 Å². The van der Waals surface area contributed by atoms with E-state index < -0.39 is 15.4 Å². The summed E-state index contributed by atoms with van der Waals surface area (Å²) in [5, 5.41) is 0.0315. The van der Waals surface area contributed by atoms with Gasteiger partial charge in [0.25, 0.3) is 0 Å². The second-order valence-electron chi connectivity index (χ2n) is 5.10. The monoisotopic (exact) mass is 377 g/mol. The number of benzene rings is 1. The van der Waals surface area contributed by atoms with Crippen LogP contribution in [-0.2, 0) is 9.84 Å². The Kier molecular flexibility index (Phi) is 3.24. The minimum atomic E-state index is -2.97. The molecule has 2 heterocycles. The average molecular weight is 378 g/mol. The summed E-state index contributed by atoms with van der Waals surface area (Å²) in [6.45, 7) is 2.00. The molecule has 0 N–H and O–H groups in total. The molecule has 102 valence electrons. The molecule has 19 heavy (non-hydrogen) atoms. The Morgan fingerprint density at radius 1 is 1.53 bits per heavy atom. The van der Waals surface area contributed by atoms with Crippen molar-refractivity contribution in [2.24, 2.45) is 0 Å². The van der Waals surface area contributed by atoms with Crippen LogP contribution in [0, 0.1) is 0 Å². The lowest BCUT2D eigenvalue weighted by Crippen LogP contribution is -2.49. The van der Waals surface area contributed by atoms with Crippen molar-refractivity contribution in [3.8, 4) is 0 Å². The first kappa shape index (κ1) is 13.9. The molecular weight excluding hydrogens is 366 g/mol. The van der Waals surface area contributed by atoms with Crippen LogP contribution in [0.1, 0.15) is 6.92 Å². The first-order valence-corrected chi connectivity index (χ1v) is 9.69. The lowest BCUT2D eigenvalue weighted by atomic mass is 9.99. The van der Waals surface area contributed by atoms with Gasteiger partial charge in [-0.15, -0.1) is 0 Å². The van der Waals surface area contributed by atoms with Gasteiger partial charge < -0.3 is 4.90 Å². The van der Waals surface area contributed by atoms with Crippen molar-refractivity contribution < 1.29 is 8.42 Å². The van der Waals surface area contributed by atoms with Gasteiger partial charge in [0.1, 0.15) is 4.32 Å². The molecule has 2 fully saturated rings. The van der Waals surface area contributed by atoms with Crippen molar-refractivity contribution in [2.45, 2.75) is 17.7 Å². The van der Waals surface area contributed by atoms with Crippen molar-refractivity contribution >= 4 is 59.8 Å². The van der Waals surface area contributed by atoms with Gasteiger partial charge in [0.05, 0.1) is 22.3 Å². The van der Waals surface area contributed by atoms with Crippen molar-refractivity contribution in [3.05, 3.63) is 28.7 Å². The van der Waals surface area contributed by atoms with Crippen molar-refractivity contribution in [1.29, 1.82) is 0 Å². The first-order chi connectivity index (χ1) is 8.82. The number of rotatable bonds is 1. The third-order valence-electron chi connectivity index (χ3n) is 3.61. The van der Waals surface area contributed by atoms with E-state index in [0.717, 1.165) is 14.5 Å². The third-order valence-corrected chi connectivity index (χ3v) is 8.00. The molecule has 7 heteroatoms. The van der Waals surface area contributed by atoms with E-state index in [-0.39, 0.29) is 16.8 Å². The first-order valence-electron chi connectivity index (χ1n) is 5.79. The Balaban J connectivity index is 2.08. The summed E-state index contributed by atoms with van der Waals surface area (Å²) in [6.07, 6.45) is 0. The van der Waals surface area contributed by atoms with Gasteiger partial charge >= 0.3 is 0 Å². The Labute approximate surface area is 130 Å². The Morgan fingerprint density at radius 3 is 2.95 bits per heavy atom. The zero-order valence-corrected chi connectivity index (χ0v) is 14.2. The molecule has 0 bridgehead atoms. The minimum absolute atomic E-state index is 0.0315. The van der Waals surface area contributed by atoms with Crippen LogP contribution in [0.2, 0.25) is 0 Å². The number of anilines is 1. The topological polar surface area (TPSA) is 37.4 Å². The zero-order valence-electron chi connectivity index (χ0n) is 10.2. The molecule has 1 aromatic carbocycles. The van der Waals surface area contributed by atoms with Crippen LogP contribution in [-0.4, -0.2) is 35.0 Å². The van der Waals surface area contributed by atoms with E-state index in [2.05, 4.69) is 15.9 Å². The van der Waals surface area contributed by atoms with Gasteiger partial charge in [-0.05, 0) is 25.1 Å². The minimum Gasteiger partial charge on any atom is -0.319 e. The fourth-order valence-electron chi connectivity index (χ4n) is 2.78. The Morgan fingerprint density at radius 2 is 2.26 bits per heavy atom. The van der Waals surface area contributed by atoms with Crippen LogP contribution in [0.5, 0.6) is 0 Å². The lowest BCUT2D eigenvalue weighted by molar-refractivity contribution is 0.550. The van der Waals surface area contributed by atoms with Gasteiger partial charge in [-0.2, -0.15) is 0 Å². The number of sulfone groups is 1. The standard InChI is InChI=1S/C12H12BrNO2S3/c1-12-7-19(15,16)6-10(12)18-11(17)14(12)9-4-2-3-8(13)5-9/h2-5,10H,6-7H2,1H3/t10-,12+/m0/s1. The number of fused-ring (bicyclic) bond motifs is 1. The summed E-state index contributed by atoms with van der Waals surface area (Å²) in [5.74, 6) is 0.392. The maximum absolute atomic E-state index is 11.9. The largest absolute Gasteiger partial charge is 0.319 e. The number of thiocarbonyl (C=S) groups is 1. The highest BCUT2D eigenvalue weighted by atomic mass is 79.9. The molecule has 1 aromatic rings. The van der Waals surface area contributed by atoms with Gasteiger partial charge in [-0.1, -0.05) is 46.0 Å². The van der Waals surface area contributed by atoms with Crippen LogP contribution in [0.4, 0.5) is 5.69 Å². The molecule has 3 nitrogen and oxygen atoms in total. The van der Waals surface area contributed by atoms with E-state index in [0.29, 0.717) is 0 Å². The Hall–Kier alpha value is -0.110. The predicted octanol–water partition coefficient (Wildman–Crippen LogP) is 2.84. The molecule has 3 rings (SSSR count). The van der Waals surface area contributed by atoms with Crippen LogP contribution in [0.15, 0.2) is 28.7 Å².